The van der Waals surface area contributed by atoms with Gasteiger partial charge in [0.15, 0.2) is 0 Å². The summed E-state index contributed by atoms with van der Waals surface area (Å²) < 4.78 is 12.2. The van der Waals surface area contributed by atoms with Gasteiger partial charge in [0.25, 0.3) is 23.2 Å². The number of aldehydes is 1. The Morgan fingerprint density at radius 3 is 2.17 bits per heavy atom. The fraction of sp³-hybridized carbons (Fsp3) is 0.333. The third kappa shape index (κ3) is 15.2. The molecule has 8 amide bonds. The van der Waals surface area contributed by atoms with Crippen molar-refractivity contribution in [2.75, 3.05) is 18.5 Å². The molecule has 4 atom stereocenters. The quantitative estimate of drug-likeness (QED) is 0.0129. The SMILES string of the molecule is CNC(=O)CCC(C=O)N1Cc2c(C#CCCCCCCCCNC(=O)c3cc(C(=O)P(=O)(O)O)cc4cc(C(=O)N[C@H]5CCc6cccc7c6N(C5=O)[C@H](C(=O)N[C@@H](CCC(N)=O)C(=O)NC(c5ccccc5)c5ccccc5)C7)[nH]c34)cccc2C1=O. The number of aryl methyl sites for hydroxylation is 1. The second-order valence-electron chi connectivity index (χ2n) is 22.4. The summed E-state index contributed by atoms with van der Waals surface area (Å²) in [6.07, 6.45) is 6.56. The van der Waals surface area contributed by atoms with Crippen molar-refractivity contribution in [3.63, 3.8) is 0 Å². The van der Waals surface area contributed by atoms with E-state index in [-0.39, 0.29) is 85.6 Å². The zero-order chi connectivity index (χ0) is 63.4. The first-order valence-electron chi connectivity index (χ1n) is 29.7. The summed E-state index contributed by atoms with van der Waals surface area (Å²) in [5.41, 5.74) is 8.77. The molecule has 0 bridgehead atoms. The van der Waals surface area contributed by atoms with E-state index in [1.165, 1.54) is 22.9 Å². The first-order chi connectivity index (χ1) is 42.8. The lowest BCUT2D eigenvalue weighted by Crippen LogP contribution is -2.57. The Kier molecular flexibility index (Phi) is 20.8. The number of primary amides is 1. The van der Waals surface area contributed by atoms with E-state index in [1.807, 2.05) is 78.9 Å². The Labute approximate surface area is 513 Å². The van der Waals surface area contributed by atoms with E-state index in [4.69, 9.17) is 5.73 Å². The predicted octanol–water partition coefficient (Wildman–Crippen LogP) is 5.71. The maximum absolute atomic E-state index is 14.8. The van der Waals surface area contributed by atoms with Crippen molar-refractivity contribution in [2.45, 2.75) is 127 Å². The molecule has 9 rings (SSSR count). The fourth-order valence-electron chi connectivity index (χ4n) is 11.7. The number of benzene rings is 5. The van der Waals surface area contributed by atoms with Crippen molar-refractivity contribution < 1.29 is 62.3 Å². The Morgan fingerprint density at radius 1 is 0.798 bits per heavy atom. The number of para-hydroxylation sites is 1. The van der Waals surface area contributed by atoms with E-state index in [1.54, 1.807) is 18.2 Å². The van der Waals surface area contributed by atoms with Gasteiger partial charge in [-0.3, -0.25) is 52.6 Å². The second-order valence-corrected chi connectivity index (χ2v) is 23.9. The van der Waals surface area contributed by atoms with Gasteiger partial charge in [-0.2, -0.15) is 0 Å². The van der Waals surface area contributed by atoms with E-state index in [0.29, 0.717) is 47.9 Å². The summed E-state index contributed by atoms with van der Waals surface area (Å²) in [7, 11) is -3.82. The van der Waals surface area contributed by atoms with E-state index >= 15 is 0 Å². The van der Waals surface area contributed by atoms with Crippen molar-refractivity contribution in [3.8, 4) is 11.8 Å². The van der Waals surface area contributed by atoms with Crippen LogP contribution in [0.25, 0.3) is 10.9 Å². The molecule has 462 valence electrons. The summed E-state index contributed by atoms with van der Waals surface area (Å²) >= 11 is 0. The number of anilines is 1. The van der Waals surface area contributed by atoms with E-state index in [2.05, 4.69) is 43.4 Å². The Balaban J connectivity index is 0.815. The highest BCUT2D eigenvalue weighted by Gasteiger charge is 2.45. The number of carbonyl (C=O) groups excluding carboxylic acids is 10. The molecule has 0 fully saturated rings. The highest BCUT2D eigenvalue weighted by Crippen LogP contribution is 2.41. The topological polar surface area (TPSA) is 337 Å². The predicted molar refractivity (Wildman–Crippen MR) is 330 cm³/mol. The van der Waals surface area contributed by atoms with Gasteiger partial charge in [0.05, 0.1) is 28.9 Å². The average molecular weight is 1230 g/mol. The van der Waals surface area contributed by atoms with Crippen molar-refractivity contribution in [1.29, 1.82) is 0 Å². The number of aromatic nitrogens is 1. The van der Waals surface area contributed by atoms with Crippen LogP contribution >= 0.6 is 7.60 Å². The highest BCUT2D eigenvalue weighted by molar-refractivity contribution is 7.70. The number of nitrogens with two attached hydrogens (primary N) is 1. The van der Waals surface area contributed by atoms with Crippen LogP contribution in [-0.2, 0) is 52.7 Å². The zero-order valence-corrected chi connectivity index (χ0v) is 49.9. The summed E-state index contributed by atoms with van der Waals surface area (Å²) in [6, 6.07) is 27.7. The van der Waals surface area contributed by atoms with Crippen LogP contribution in [0.3, 0.4) is 0 Å². The lowest BCUT2D eigenvalue weighted by molar-refractivity contribution is -0.131. The molecule has 6 aromatic rings. The molecule has 4 heterocycles. The molecule has 1 unspecified atom stereocenters. The highest BCUT2D eigenvalue weighted by atomic mass is 31.2. The van der Waals surface area contributed by atoms with Gasteiger partial charge in [-0.05, 0) is 96.7 Å². The molecule has 23 heteroatoms. The lowest BCUT2D eigenvalue weighted by atomic mass is 9.98. The smallest absolute Gasteiger partial charge is 0.370 e. The van der Waals surface area contributed by atoms with Crippen molar-refractivity contribution in [3.05, 3.63) is 171 Å². The number of rotatable bonds is 27. The third-order valence-corrected chi connectivity index (χ3v) is 17.1. The normalized spacial score (nSPS) is 15.6. The average Bonchev–Trinajstić information content (AvgIpc) is 2.02. The largest absolute Gasteiger partial charge is 0.396 e. The molecule has 0 radical (unpaired) electrons. The number of aromatic amines is 1. The van der Waals surface area contributed by atoms with Gasteiger partial charge in [0, 0.05) is 67.9 Å². The number of nitrogens with one attached hydrogen (secondary N) is 6. The van der Waals surface area contributed by atoms with E-state index < -0.39 is 84.3 Å². The van der Waals surface area contributed by atoms with Crippen LogP contribution in [0.5, 0.6) is 0 Å². The maximum atomic E-state index is 14.8. The van der Waals surface area contributed by atoms with Gasteiger partial charge in [0.1, 0.15) is 30.1 Å². The molecule has 3 aliphatic heterocycles. The molecular formula is C66H70N9O13P. The van der Waals surface area contributed by atoms with Crippen LogP contribution in [0.1, 0.15) is 158 Å². The summed E-state index contributed by atoms with van der Waals surface area (Å²) in [6.45, 7) is 0.447. The molecule has 1 aromatic heterocycles. The van der Waals surface area contributed by atoms with Crippen LogP contribution < -0.4 is 37.2 Å². The third-order valence-electron chi connectivity index (χ3n) is 16.3. The summed E-state index contributed by atoms with van der Waals surface area (Å²) in [5, 5.41) is 14.1. The Hall–Kier alpha value is -9.55. The Bertz CT molecular complexity index is 3800. The van der Waals surface area contributed by atoms with Crippen molar-refractivity contribution in [2.24, 2.45) is 5.73 Å². The standard InChI is InChI=1S/C66H70N9O13P/c1-68-56(78)32-28-47(39-76)74-38-50-40(23-17-26-48(50)64(74)83)18-10-6-4-2-3-5-7-15-33-69-60(79)49-35-46(66(85)89(86,87)88)34-45-36-53(70-58(45)49)62(81)72-52-29-27-43-24-16-25-44-37-54(75(59(43)44)65(52)84)63(82)71-51(30-31-55(67)77)61(80)73-57(41-19-11-8-12-20-41)42-21-13-9-14-22-42/h8-9,11-14,16-17,19-26,34-36,39,47,51-52,54,57,70H,2-7,15,27-33,37-38H2,1H3,(H2,67,77)(H,68,78)(H,69,79)(H,71,82)(H,72,81)(H,73,80)(H2,86,87,88)/t47?,51-,52-,54-/m0/s1. The molecule has 0 aliphatic carbocycles. The number of hydrogen-bond donors (Lipinski definition) is 9. The lowest BCUT2D eigenvalue weighted by Gasteiger charge is -2.29. The number of hydrogen-bond acceptors (Lipinski definition) is 11. The number of nitrogens with zero attached hydrogens (tertiary/aromatic N) is 2. The fourth-order valence-corrected chi connectivity index (χ4v) is 12.2. The summed E-state index contributed by atoms with van der Waals surface area (Å²) in [4.78, 5) is 159. The van der Waals surface area contributed by atoms with Crippen molar-refractivity contribution in [1.82, 2.24) is 36.5 Å². The number of unbranched alkanes of at least 4 members (excludes halogenated alkanes) is 6. The minimum absolute atomic E-state index is 0.0735. The molecule has 0 spiro atoms. The van der Waals surface area contributed by atoms with Crippen LogP contribution in [-0.4, -0.2) is 116 Å². The van der Waals surface area contributed by atoms with E-state index in [0.717, 1.165) is 66.5 Å². The molecule has 0 saturated carbocycles. The van der Waals surface area contributed by atoms with Gasteiger partial charge in [-0.1, -0.05) is 122 Å². The molecule has 22 nitrogen and oxygen atoms in total. The van der Waals surface area contributed by atoms with Crippen LogP contribution in [0.4, 0.5) is 5.69 Å². The van der Waals surface area contributed by atoms with Gasteiger partial charge >= 0.3 is 7.60 Å². The molecule has 3 aliphatic rings. The van der Waals surface area contributed by atoms with Gasteiger partial charge in [0.2, 0.25) is 29.5 Å². The van der Waals surface area contributed by atoms with E-state index in [9.17, 15) is 62.3 Å². The monoisotopic (exact) mass is 1230 g/mol. The molecule has 5 aromatic carbocycles. The molecule has 10 N–H and O–H groups in total. The number of H-pyrrole nitrogens is 1. The van der Waals surface area contributed by atoms with Crippen LogP contribution in [0, 0.1) is 11.8 Å². The minimum atomic E-state index is -5.33. The van der Waals surface area contributed by atoms with Crippen molar-refractivity contribution >= 4 is 83.3 Å². The number of carbonyl (C=O) groups is 10. The first kappa shape index (κ1) is 63.9. The molecule has 0 saturated heterocycles. The molecule has 89 heavy (non-hydrogen) atoms. The van der Waals surface area contributed by atoms with Gasteiger partial charge in [-0.25, -0.2) is 0 Å². The number of fused-ring (bicyclic) bond motifs is 2. The zero-order valence-electron chi connectivity index (χ0n) is 49.1. The number of amides is 8. The first-order valence-corrected chi connectivity index (χ1v) is 31.3. The van der Waals surface area contributed by atoms with Gasteiger partial charge < -0.3 is 56.8 Å². The summed E-state index contributed by atoms with van der Waals surface area (Å²) in [5.74, 6) is 1.85. The van der Waals surface area contributed by atoms with Gasteiger partial charge in [-0.15, -0.1) is 0 Å². The maximum Gasteiger partial charge on any atom is 0.396 e. The minimum Gasteiger partial charge on any atom is -0.370 e. The Morgan fingerprint density at radius 2 is 1.48 bits per heavy atom. The van der Waals surface area contributed by atoms with Crippen LogP contribution in [0.15, 0.2) is 115 Å². The second kappa shape index (κ2) is 29.0. The molecular weight excluding hydrogens is 1160 g/mol. The van der Waals surface area contributed by atoms with Crippen LogP contribution in [0.2, 0.25) is 0 Å².